The Morgan fingerprint density at radius 2 is 2.31 bits per heavy atom. The van der Waals surface area contributed by atoms with Crippen LogP contribution in [0.3, 0.4) is 0 Å². The van der Waals surface area contributed by atoms with Crippen molar-refractivity contribution in [2.24, 2.45) is 0 Å². The van der Waals surface area contributed by atoms with Crippen molar-refractivity contribution in [1.82, 2.24) is 20.2 Å². The summed E-state index contributed by atoms with van der Waals surface area (Å²) in [5.41, 5.74) is 0.283. The number of aromatic amines is 1. The number of hydrogen-bond acceptors (Lipinski definition) is 4. The maximum atomic E-state index is 11.1. The minimum atomic E-state index is -0.362. The fourth-order valence-electron chi connectivity index (χ4n) is 0.992. The van der Waals surface area contributed by atoms with Crippen LogP contribution in [0.15, 0.2) is 34.0 Å². The highest BCUT2D eigenvalue weighted by molar-refractivity contribution is 7.80. The number of hydrogen-bond donors (Lipinski definition) is 2. The van der Waals surface area contributed by atoms with Crippen LogP contribution < -0.4 is 5.69 Å². The Morgan fingerprint density at radius 3 is 2.92 bits per heavy atom. The van der Waals surface area contributed by atoms with E-state index in [2.05, 4.69) is 28.2 Å². The van der Waals surface area contributed by atoms with Crippen LogP contribution >= 0.6 is 12.6 Å². The standard InChI is InChI=1S/C7H6N4OS/c12-7-8-9-10-11(7)5-2-1-3-6(13)4-5/h1-4,13H,(H,8,10,12). The van der Waals surface area contributed by atoms with Crippen LogP contribution in [0.25, 0.3) is 5.69 Å². The van der Waals surface area contributed by atoms with Crippen molar-refractivity contribution in [2.75, 3.05) is 0 Å². The Bertz CT molecular complexity index is 475. The Kier molecular flexibility index (Phi) is 1.90. The predicted molar refractivity (Wildman–Crippen MR) is 49.2 cm³/mol. The van der Waals surface area contributed by atoms with Crippen LogP contribution in [0.1, 0.15) is 0 Å². The quantitative estimate of drug-likeness (QED) is 0.639. The van der Waals surface area contributed by atoms with E-state index in [0.717, 1.165) is 4.90 Å². The Labute approximate surface area is 78.8 Å². The second kappa shape index (κ2) is 3.06. The Morgan fingerprint density at radius 1 is 1.46 bits per heavy atom. The van der Waals surface area contributed by atoms with Crippen molar-refractivity contribution in [3.05, 3.63) is 34.7 Å². The minimum Gasteiger partial charge on any atom is -0.244 e. The van der Waals surface area contributed by atoms with Crippen molar-refractivity contribution in [1.29, 1.82) is 0 Å². The van der Waals surface area contributed by atoms with Crippen LogP contribution in [0.2, 0.25) is 0 Å². The predicted octanol–water partition coefficient (Wildman–Crippen LogP) is 0.244. The van der Waals surface area contributed by atoms with Gasteiger partial charge in [0, 0.05) is 4.90 Å². The molecule has 5 nitrogen and oxygen atoms in total. The molecule has 0 radical (unpaired) electrons. The summed E-state index contributed by atoms with van der Waals surface area (Å²) in [6.45, 7) is 0. The largest absolute Gasteiger partial charge is 0.365 e. The molecule has 0 spiro atoms. The van der Waals surface area contributed by atoms with Gasteiger partial charge in [0.15, 0.2) is 0 Å². The third-order valence-electron chi connectivity index (χ3n) is 1.55. The van der Waals surface area contributed by atoms with E-state index in [9.17, 15) is 4.79 Å². The summed E-state index contributed by atoms with van der Waals surface area (Å²) in [7, 11) is 0. The fourth-order valence-corrected chi connectivity index (χ4v) is 1.21. The molecule has 1 N–H and O–H groups in total. The van der Waals surface area contributed by atoms with E-state index < -0.39 is 0 Å². The zero-order chi connectivity index (χ0) is 9.26. The van der Waals surface area contributed by atoms with Crippen LogP contribution in [0.5, 0.6) is 0 Å². The molecular formula is C7H6N4OS. The molecule has 0 unspecified atom stereocenters. The van der Waals surface area contributed by atoms with E-state index in [4.69, 9.17) is 0 Å². The van der Waals surface area contributed by atoms with Crippen molar-refractivity contribution in [3.8, 4) is 5.69 Å². The van der Waals surface area contributed by atoms with E-state index in [-0.39, 0.29) is 5.69 Å². The number of aromatic nitrogens is 4. The Balaban J connectivity index is 2.59. The third-order valence-corrected chi connectivity index (χ3v) is 1.82. The second-order valence-corrected chi connectivity index (χ2v) is 2.95. The molecule has 1 aromatic heterocycles. The van der Waals surface area contributed by atoms with Crippen molar-refractivity contribution in [2.45, 2.75) is 4.90 Å². The number of benzene rings is 1. The lowest BCUT2D eigenvalue weighted by Gasteiger charge is -1.97. The molecule has 0 fully saturated rings. The highest BCUT2D eigenvalue weighted by Crippen LogP contribution is 2.09. The first kappa shape index (κ1) is 8.06. The summed E-state index contributed by atoms with van der Waals surface area (Å²) < 4.78 is 1.17. The van der Waals surface area contributed by atoms with Gasteiger partial charge in [0.2, 0.25) is 0 Å². The normalized spacial score (nSPS) is 10.2. The van der Waals surface area contributed by atoms with Gasteiger partial charge in [0.1, 0.15) is 0 Å². The Hall–Kier alpha value is -1.56. The number of nitrogens with zero attached hydrogens (tertiary/aromatic N) is 3. The molecule has 2 rings (SSSR count). The summed E-state index contributed by atoms with van der Waals surface area (Å²) in [6.07, 6.45) is 0. The summed E-state index contributed by atoms with van der Waals surface area (Å²) in [6, 6.07) is 7.09. The molecule has 1 heterocycles. The lowest BCUT2D eigenvalue weighted by Crippen LogP contribution is -2.15. The molecule has 0 saturated carbocycles. The van der Waals surface area contributed by atoms with Gasteiger partial charge in [-0.15, -0.1) is 12.6 Å². The van der Waals surface area contributed by atoms with Gasteiger partial charge in [-0.25, -0.2) is 9.89 Å². The van der Waals surface area contributed by atoms with E-state index in [1.165, 1.54) is 4.68 Å². The molecule has 66 valence electrons. The molecule has 0 saturated heterocycles. The van der Waals surface area contributed by atoms with Gasteiger partial charge in [-0.05, 0) is 28.6 Å². The van der Waals surface area contributed by atoms with Crippen LogP contribution in [-0.4, -0.2) is 20.2 Å². The smallest absolute Gasteiger partial charge is 0.244 e. The van der Waals surface area contributed by atoms with Gasteiger partial charge >= 0.3 is 5.69 Å². The molecule has 0 aliphatic heterocycles. The summed E-state index contributed by atoms with van der Waals surface area (Å²) in [5, 5.41) is 9.18. The van der Waals surface area contributed by atoms with E-state index in [1.54, 1.807) is 18.2 Å². The maximum Gasteiger partial charge on any atom is 0.365 e. The zero-order valence-electron chi connectivity index (χ0n) is 6.51. The van der Waals surface area contributed by atoms with Crippen molar-refractivity contribution < 1.29 is 0 Å². The van der Waals surface area contributed by atoms with E-state index in [0.29, 0.717) is 5.69 Å². The first-order valence-electron chi connectivity index (χ1n) is 3.57. The molecular weight excluding hydrogens is 188 g/mol. The maximum absolute atomic E-state index is 11.1. The first-order chi connectivity index (χ1) is 6.27. The lowest BCUT2D eigenvalue weighted by molar-refractivity contribution is 0.778. The summed E-state index contributed by atoms with van der Waals surface area (Å²) >= 11 is 4.15. The summed E-state index contributed by atoms with van der Waals surface area (Å²) in [4.78, 5) is 11.9. The van der Waals surface area contributed by atoms with Gasteiger partial charge in [-0.3, -0.25) is 0 Å². The van der Waals surface area contributed by atoms with Crippen LogP contribution in [-0.2, 0) is 0 Å². The highest BCUT2D eigenvalue weighted by atomic mass is 32.1. The topological polar surface area (TPSA) is 63.6 Å². The monoisotopic (exact) mass is 194 g/mol. The molecule has 0 aliphatic carbocycles. The first-order valence-corrected chi connectivity index (χ1v) is 4.02. The average molecular weight is 194 g/mol. The highest BCUT2D eigenvalue weighted by Gasteiger charge is 2.01. The molecule has 0 amide bonds. The van der Waals surface area contributed by atoms with Gasteiger partial charge in [0.05, 0.1) is 5.69 Å². The fraction of sp³-hybridized carbons (Fsp3) is 0. The van der Waals surface area contributed by atoms with Gasteiger partial charge < -0.3 is 0 Å². The minimum absolute atomic E-state index is 0.362. The molecule has 0 bridgehead atoms. The number of tetrazole rings is 1. The van der Waals surface area contributed by atoms with E-state index in [1.807, 2.05) is 6.07 Å². The third kappa shape index (κ3) is 1.48. The van der Waals surface area contributed by atoms with E-state index >= 15 is 0 Å². The van der Waals surface area contributed by atoms with Gasteiger partial charge in [-0.1, -0.05) is 6.07 Å². The van der Waals surface area contributed by atoms with Gasteiger partial charge in [0.25, 0.3) is 0 Å². The number of H-pyrrole nitrogens is 1. The van der Waals surface area contributed by atoms with Crippen molar-refractivity contribution in [3.63, 3.8) is 0 Å². The number of thiol groups is 1. The van der Waals surface area contributed by atoms with Crippen LogP contribution in [0.4, 0.5) is 0 Å². The molecule has 1 aromatic carbocycles. The molecule has 0 aliphatic rings. The second-order valence-electron chi connectivity index (χ2n) is 2.44. The van der Waals surface area contributed by atoms with Crippen LogP contribution in [0, 0.1) is 0 Å². The number of rotatable bonds is 1. The molecule has 6 heteroatoms. The summed E-state index contributed by atoms with van der Waals surface area (Å²) in [5.74, 6) is 0. The molecule has 2 aromatic rings. The average Bonchev–Trinajstić information content (AvgIpc) is 2.51. The lowest BCUT2D eigenvalue weighted by atomic mass is 10.3. The molecule has 13 heavy (non-hydrogen) atoms. The number of nitrogens with one attached hydrogen (secondary N) is 1. The SMILES string of the molecule is O=c1[nH]nnn1-c1cccc(S)c1. The zero-order valence-corrected chi connectivity index (χ0v) is 7.40. The van der Waals surface area contributed by atoms with Crippen molar-refractivity contribution >= 4 is 12.6 Å². The molecule has 0 atom stereocenters. The van der Waals surface area contributed by atoms with Gasteiger partial charge in [-0.2, -0.15) is 4.68 Å².